The lowest BCUT2D eigenvalue weighted by Gasteiger charge is -2.02. The molecule has 1 heterocycles. The molecule has 0 aliphatic heterocycles. The first-order chi connectivity index (χ1) is 9.06. The third-order valence-electron chi connectivity index (χ3n) is 2.71. The minimum absolute atomic E-state index is 0.0538. The van der Waals surface area contributed by atoms with Crippen LogP contribution in [0, 0.1) is 0 Å². The Bertz CT molecular complexity index is 597. The van der Waals surface area contributed by atoms with Crippen molar-refractivity contribution in [2.24, 2.45) is 0 Å². The van der Waals surface area contributed by atoms with Crippen LogP contribution in [0.2, 0.25) is 5.02 Å². The fourth-order valence-electron chi connectivity index (χ4n) is 1.59. The zero-order valence-corrected chi connectivity index (χ0v) is 11.6. The highest BCUT2D eigenvalue weighted by atomic mass is 35.5. The summed E-state index contributed by atoms with van der Waals surface area (Å²) in [4.78, 5) is 12.0. The highest BCUT2D eigenvalue weighted by Gasteiger charge is 2.06. The van der Waals surface area contributed by atoms with Crippen molar-refractivity contribution in [3.8, 4) is 0 Å². The predicted molar refractivity (Wildman–Crippen MR) is 77.4 cm³/mol. The van der Waals surface area contributed by atoms with Gasteiger partial charge in [0.1, 0.15) is 0 Å². The Morgan fingerprint density at radius 2 is 2.00 bits per heavy atom. The summed E-state index contributed by atoms with van der Waals surface area (Å²) in [5, 5.41) is 4.83. The van der Waals surface area contributed by atoms with E-state index in [2.05, 4.69) is 5.10 Å². The third-order valence-corrected chi connectivity index (χ3v) is 2.96. The number of nitrogens with zero attached hydrogens (tertiary/aromatic N) is 2. The highest BCUT2D eigenvalue weighted by molar-refractivity contribution is 6.30. The molecule has 0 amide bonds. The Morgan fingerprint density at radius 1 is 1.32 bits per heavy atom. The lowest BCUT2D eigenvalue weighted by atomic mass is 10.1. The number of carbonyl (C=O) groups is 1. The van der Waals surface area contributed by atoms with Crippen LogP contribution >= 0.6 is 11.6 Å². The maximum Gasteiger partial charge on any atom is 0.189 e. The van der Waals surface area contributed by atoms with Crippen molar-refractivity contribution in [2.75, 3.05) is 0 Å². The predicted octanol–water partition coefficient (Wildman–Crippen LogP) is 4.01. The molecule has 98 valence electrons. The van der Waals surface area contributed by atoms with Crippen LogP contribution in [-0.4, -0.2) is 15.6 Å². The van der Waals surface area contributed by atoms with E-state index in [1.54, 1.807) is 41.4 Å². The summed E-state index contributed by atoms with van der Waals surface area (Å²) in [6.07, 6.45) is 6.67. The zero-order chi connectivity index (χ0) is 13.8. The second kappa shape index (κ2) is 5.85. The number of aromatic nitrogens is 2. The van der Waals surface area contributed by atoms with Gasteiger partial charge in [0, 0.05) is 17.3 Å². The average Bonchev–Trinajstić information content (AvgIpc) is 2.87. The van der Waals surface area contributed by atoms with Crippen LogP contribution in [0.15, 0.2) is 42.7 Å². The second-order valence-corrected chi connectivity index (χ2v) is 4.99. The van der Waals surface area contributed by atoms with Crippen molar-refractivity contribution in [1.29, 1.82) is 0 Å². The monoisotopic (exact) mass is 274 g/mol. The summed E-state index contributed by atoms with van der Waals surface area (Å²) in [5.41, 5.74) is 1.54. The first-order valence-electron chi connectivity index (χ1n) is 6.08. The molecule has 2 aromatic rings. The molecule has 19 heavy (non-hydrogen) atoms. The van der Waals surface area contributed by atoms with Crippen LogP contribution < -0.4 is 0 Å². The van der Waals surface area contributed by atoms with Gasteiger partial charge in [-0.3, -0.25) is 9.48 Å². The van der Waals surface area contributed by atoms with Gasteiger partial charge in [-0.25, -0.2) is 0 Å². The molecule has 0 unspecified atom stereocenters. The van der Waals surface area contributed by atoms with Gasteiger partial charge in [0.05, 0.1) is 11.8 Å². The number of hydrogen-bond acceptors (Lipinski definition) is 2. The first-order valence-corrected chi connectivity index (χ1v) is 6.46. The molecule has 4 heteroatoms. The van der Waals surface area contributed by atoms with E-state index in [9.17, 15) is 4.79 Å². The molecule has 3 nitrogen and oxygen atoms in total. The average molecular weight is 275 g/mol. The molecule has 0 atom stereocenters. The molecule has 1 aromatic heterocycles. The number of ketones is 1. The molecule has 0 aliphatic rings. The second-order valence-electron chi connectivity index (χ2n) is 4.55. The lowest BCUT2D eigenvalue weighted by molar-refractivity contribution is 0.104. The number of hydrogen-bond donors (Lipinski definition) is 0. The number of halogens is 1. The smallest absolute Gasteiger partial charge is 0.189 e. The van der Waals surface area contributed by atoms with Gasteiger partial charge in [-0.1, -0.05) is 29.8 Å². The molecule has 0 saturated heterocycles. The van der Waals surface area contributed by atoms with E-state index in [1.807, 2.05) is 26.0 Å². The molecule has 0 fully saturated rings. The summed E-state index contributed by atoms with van der Waals surface area (Å²) >= 11 is 5.80. The quantitative estimate of drug-likeness (QED) is 0.624. The van der Waals surface area contributed by atoms with Crippen molar-refractivity contribution in [1.82, 2.24) is 9.78 Å². The topological polar surface area (TPSA) is 34.9 Å². The first kappa shape index (κ1) is 13.6. The summed E-state index contributed by atoms with van der Waals surface area (Å²) in [6.45, 7) is 4.04. The Kier molecular flexibility index (Phi) is 4.17. The third kappa shape index (κ3) is 3.55. The van der Waals surface area contributed by atoms with E-state index in [0.717, 1.165) is 5.56 Å². The minimum atomic E-state index is -0.0538. The van der Waals surface area contributed by atoms with Gasteiger partial charge in [-0.15, -0.1) is 0 Å². The number of carbonyl (C=O) groups excluding carboxylic acids is 1. The number of rotatable bonds is 4. The standard InChI is InChI=1S/C15H15ClN2O/c1-11(2)18-10-13(9-17-18)15(19)8-5-12-3-6-14(16)7-4-12/h3-11H,1-2H3/b8-5+. The Balaban J connectivity index is 2.09. The van der Waals surface area contributed by atoms with E-state index in [4.69, 9.17) is 11.6 Å². The van der Waals surface area contributed by atoms with Crippen molar-refractivity contribution >= 4 is 23.5 Å². The molecular weight excluding hydrogens is 260 g/mol. The maximum atomic E-state index is 12.0. The molecular formula is C15H15ClN2O. The number of allylic oxidation sites excluding steroid dienone is 1. The minimum Gasteiger partial charge on any atom is -0.289 e. The maximum absolute atomic E-state index is 12.0. The fraction of sp³-hybridized carbons (Fsp3) is 0.200. The van der Waals surface area contributed by atoms with Gasteiger partial charge in [0.15, 0.2) is 5.78 Å². The van der Waals surface area contributed by atoms with Gasteiger partial charge in [0.2, 0.25) is 0 Å². The van der Waals surface area contributed by atoms with Crippen LogP contribution in [-0.2, 0) is 0 Å². The van der Waals surface area contributed by atoms with Gasteiger partial charge in [-0.2, -0.15) is 5.10 Å². The molecule has 2 rings (SSSR count). The van der Waals surface area contributed by atoms with Gasteiger partial charge < -0.3 is 0 Å². The van der Waals surface area contributed by atoms with Crippen LogP contribution in [0.4, 0.5) is 0 Å². The van der Waals surface area contributed by atoms with Crippen LogP contribution in [0.25, 0.3) is 6.08 Å². The van der Waals surface area contributed by atoms with Crippen LogP contribution in [0.3, 0.4) is 0 Å². The van der Waals surface area contributed by atoms with Crippen LogP contribution in [0.5, 0.6) is 0 Å². The van der Waals surface area contributed by atoms with Crippen molar-refractivity contribution < 1.29 is 4.79 Å². The molecule has 0 saturated carbocycles. The van der Waals surface area contributed by atoms with E-state index in [1.165, 1.54) is 0 Å². The van der Waals surface area contributed by atoms with Crippen molar-refractivity contribution in [3.05, 3.63) is 58.9 Å². The molecule has 0 aliphatic carbocycles. The lowest BCUT2D eigenvalue weighted by Crippen LogP contribution is -2.00. The van der Waals surface area contributed by atoms with Gasteiger partial charge in [0.25, 0.3) is 0 Å². The van der Waals surface area contributed by atoms with Crippen molar-refractivity contribution in [3.63, 3.8) is 0 Å². The molecule has 0 bridgehead atoms. The molecule has 0 N–H and O–H groups in total. The number of benzene rings is 1. The van der Waals surface area contributed by atoms with Crippen LogP contribution in [0.1, 0.15) is 35.8 Å². The Labute approximate surface area is 117 Å². The molecule has 0 radical (unpaired) electrons. The normalized spacial score (nSPS) is 11.4. The van der Waals surface area contributed by atoms with Gasteiger partial charge >= 0.3 is 0 Å². The summed E-state index contributed by atoms with van der Waals surface area (Å²) in [5.74, 6) is -0.0538. The summed E-state index contributed by atoms with van der Waals surface area (Å²) in [7, 11) is 0. The zero-order valence-electron chi connectivity index (χ0n) is 10.9. The summed E-state index contributed by atoms with van der Waals surface area (Å²) < 4.78 is 1.77. The largest absolute Gasteiger partial charge is 0.289 e. The molecule has 1 aromatic carbocycles. The van der Waals surface area contributed by atoms with E-state index < -0.39 is 0 Å². The SMILES string of the molecule is CC(C)n1cc(C(=O)/C=C/c2ccc(Cl)cc2)cn1. The Hall–Kier alpha value is -1.87. The highest BCUT2D eigenvalue weighted by Crippen LogP contribution is 2.12. The summed E-state index contributed by atoms with van der Waals surface area (Å²) in [6, 6.07) is 7.57. The van der Waals surface area contributed by atoms with Gasteiger partial charge in [-0.05, 0) is 37.6 Å². The fourth-order valence-corrected chi connectivity index (χ4v) is 1.72. The van der Waals surface area contributed by atoms with E-state index in [0.29, 0.717) is 10.6 Å². The van der Waals surface area contributed by atoms with E-state index in [-0.39, 0.29) is 11.8 Å². The molecule has 0 spiro atoms. The van der Waals surface area contributed by atoms with Crippen molar-refractivity contribution in [2.45, 2.75) is 19.9 Å². The Morgan fingerprint density at radius 3 is 2.58 bits per heavy atom. The van der Waals surface area contributed by atoms with E-state index >= 15 is 0 Å².